The number of hydrogen-bond acceptors (Lipinski definition) is 3. The van der Waals surface area contributed by atoms with Gasteiger partial charge in [-0.1, -0.05) is 30.3 Å². The molecule has 1 aliphatic carbocycles. The summed E-state index contributed by atoms with van der Waals surface area (Å²) in [7, 11) is 0. The Morgan fingerprint density at radius 3 is 2.67 bits per heavy atom. The van der Waals surface area contributed by atoms with Gasteiger partial charge in [-0.15, -0.1) is 0 Å². The number of alkyl carbamates (subject to hydrolysis) is 1. The number of likely N-dealkylation sites (tertiary alicyclic amines) is 1. The summed E-state index contributed by atoms with van der Waals surface area (Å²) in [4.78, 5) is 14.8. The number of carbonyl (C=O) groups is 1. The van der Waals surface area contributed by atoms with Crippen molar-refractivity contribution in [1.29, 1.82) is 0 Å². The quantitative estimate of drug-likeness (QED) is 0.916. The van der Waals surface area contributed by atoms with Gasteiger partial charge < -0.3 is 10.1 Å². The van der Waals surface area contributed by atoms with Crippen LogP contribution in [0.4, 0.5) is 4.79 Å². The summed E-state index contributed by atoms with van der Waals surface area (Å²) < 4.78 is 5.47. The lowest BCUT2D eigenvalue weighted by atomic mass is 9.86. The number of rotatable bonds is 3. The number of fused-ring (bicyclic) bond motifs is 1. The van der Waals surface area contributed by atoms with Gasteiger partial charge in [0.25, 0.3) is 0 Å². The third-order valence-corrected chi connectivity index (χ3v) is 5.40. The van der Waals surface area contributed by atoms with E-state index in [0.29, 0.717) is 11.8 Å². The van der Waals surface area contributed by atoms with Crippen LogP contribution < -0.4 is 5.32 Å². The van der Waals surface area contributed by atoms with Crippen molar-refractivity contribution in [2.75, 3.05) is 13.1 Å². The second-order valence-corrected chi connectivity index (χ2v) is 8.63. The molecule has 0 radical (unpaired) electrons. The van der Waals surface area contributed by atoms with Crippen molar-refractivity contribution in [3.8, 4) is 0 Å². The summed E-state index contributed by atoms with van der Waals surface area (Å²) in [6.07, 6.45) is 1.94. The van der Waals surface area contributed by atoms with E-state index in [0.717, 1.165) is 26.1 Å². The van der Waals surface area contributed by atoms with E-state index in [1.54, 1.807) is 0 Å². The van der Waals surface area contributed by atoms with E-state index in [9.17, 15) is 4.79 Å². The van der Waals surface area contributed by atoms with E-state index in [1.165, 1.54) is 12.0 Å². The minimum atomic E-state index is -0.451. The molecule has 1 aromatic rings. The fourth-order valence-corrected chi connectivity index (χ4v) is 4.31. The lowest BCUT2D eigenvalue weighted by Gasteiger charge is -2.33. The topological polar surface area (TPSA) is 41.6 Å². The molecule has 1 amide bonds. The number of carbonyl (C=O) groups excluding carboxylic acids is 1. The third-order valence-electron chi connectivity index (χ3n) is 5.40. The summed E-state index contributed by atoms with van der Waals surface area (Å²) in [5.41, 5.74) is 0.755. The van der Waals surface area contributed by atoms with Crippen LogP contribution in [0, 0.1) is 11.8 Å². The van der Waals surface area contributed by atoms with Gasteiger partial charge in [0.05, 0.1) is 0 Å². The molecule has 3 atom stereocenters. The molecule has 24 heavy (non-hydrogen) atoms. The van der Waals surface area contributed by atoms with Gasteiger partial charge in [-0.3, -0.25) is 4.90 Å². The fraction of sp³-hybridized carbons (Fsp3) is 0.650. The molecule has 0 bridgehead atoms. The fourth-order valence-electron chi connectivity index (χ4n) is 4.31. The van der Waals surface area contributed by atoms with Gasteiger partial charge in [-0.2, -0.15) is 0 Å². The molecule has 1 saturated heterocycles. The second kappa shape index (κ2) is 6.40. The summed E-state index contributed by atoms with van der Waals surface area (Å²) in [5, 5.41) is 3.18. The van der Waals surface area contributed by atoms with Crippen molar-refractivity contribution >= 4 is 6.09 Å². The van der Waals surface area contributed by atoms with Crippen molar-refractivity contribution in [1.82, 2.24) is 10.2 Å². The lowest BCUT2D eigenvalue weighted by molar-refractivity contribution is 0.0434. The Kier molecular flexibility index (Phi) is 4.60. The Labute approximate surface area is 145 Å². The minimum absolute atomic E-state index is 0.154. The number of nitrogens with zero attached hydrogens (tertiary/aromatic N) is 1. The Balaban J connectivity index is 1.61. The first-order valence-electron chi connectivity index (χ1n) is 9.03. The average Bonchev–Trinajstić information content (AvgIpc) is 2.99. The van der Waals surface area contributed by atoms with Gasteiger partial charge in [-0.05, 0) is 57.9 Å². The largest absolute Gasteiger partial charge is 0.444 e. The van der Waals surface area contributed by atoms with Crippen molar-refractivity contribution < 1.29 is 9.53 Å². The van der Waals surface area contributed by atoms with Crippen molar-refractivity contribution in [2.45, 2.75) is 58.2 Å². The van der Waals surface area contributed by atoms with Crippen LogP contribution in [0.2, 0.25) is 0 Å². The van der Waals surface area contributed by atoms with Crippen molar-refractivity contribution in [3.63, 3.8) is 0 Å². The van der Waals surface area contributed by atoms with Gasteiger partial charge in [0.1, 0.15) is 5.60 Å². The highest BCUT2D eigenvalue weighted by atomic mass is 16.6. The normalized spacial score (nSPS) is 30.2. The SMILES string of the molecule is CC(C)(C)OC(=O)NC1(C)CCC2CN(Cc3ccccc3)CC21. The highest BCUT2D eigenvalue weighted by molar-refractivity contribution is 5.69. The Bertz CT molecular complexity index is 581. The molecule has 132 valence electrons. The molecule has 4 nitrogen and oxygen atoms in total. The van der Waals surface area contributed by atoms with Crippen molar-refractivity contribution in [3.05, 3.63) is 35.9 Å². The maximum Gasteiger partial charge on any atom is 0.408 e. The van der Waals surface area contributed by atoms with Gasteiger partial charge in [0.2, 0.25) is 0 Å². The van der Waals surface area contributed by atoms with E-state index < -0.39 is 5.60 Å². The summed E-state index contributed by atoms with van der Waals surface area (Å²) in [5.74, 6) is 1.18. The zero-order valence-electron chi connectivity index (χ0n) is 15.3. The third kappa shape index (κ3) is 3.92. The van der Waals surface area contributed by atoms with Crippen LogP contribution >= 0.6 is 0 Å². The van der Waals surface area contributed by atoms with Crippen LogP contribution in [0.15, 0.2) is 30.3 Å². The second-order valence-electron chi connectivity index (χ2n) is 8.63. The van der Waals surface area contributed by atoms with Crippen LogP contribution in [0.25, 0.3) is 0 Å². The molecule has 2 aliphatic rings. The first-order valence-corrected chi connectivity index (χ1v) is 9.03. The maximum atomic E-state index is 12.2. The Morgan fingerprint density at radius 1 is 1.29 bits per heavy atom. The molecule has 3 unspecified atom stereocenters. The molecule has 2 fully saturated rings. The van der Waals surface area contributed by atoms with Crippen LogP contribution in [-0.4, -0.2) is 35.2 Å². The molecule has 4 heteroatoms. The van der Waals surface area contributed by atoms with Crippen LogP contribution in [0.1, 0.15) is 46.1 Å². The molecular weight excluding hydrogens is 300 g/mol. The Morgan fingerprint density at radius 2 is 2.00 bits per heavy atom. The van der Waals surface area contributed by atoms with Crippen LogP contribution in [0.3, 0.4) is 0 Å². The summed E-state index contributed by atoms with van der Waals surface area (Å²) in [6, 6.07) is 10.6. The van der Waals surface area contributed by atoms with E-state index in [4.69, 9.17) is 4.74 Å². The van der Waals surface area contributed by atoms with Gasteiger partial charge >= 0.3 is 6.09 Å². The van der Waals surface area contributed by atoms with E-state index in [2.05, 4.69) is 47.5 Å². The standard InChI is InChI=1S/C20H30N2O2/c1-19(2,3)24-18(23)21-20(4)11-10-16-13-22(14-17(16)20)12-15-8-6-5-7-9-15/h5-9,16-17H,10-14H2,1-4H3,(H,21,23). The maximum absolute atomic E-state index is 12.2. The highest BCUT2D eigenvalue weighted by Gasteiger charge is 2.50. The highest BCUT2D eigenvalue weighted by Crippen LogP contribution is 2.45. The molecule has 1 saturated carbocycles. The molecule has 1 aromatic carbocycles. The first-order chi connectivity index (χ1) is 11.3. The van der Waals surface area contributed by atoms with Gasteiger partial charge in [-0.25, -0.2) is 4.79 Å². The average molecular weight is 330 g/mol. The van der Waals surface area contributed by atoms with Gasteiger partial charge in [0.15, 0.2) is 0 Å². The molecule has 1 N–H and O–H groups in total. The van der Waals surface area contributed by atoms with Crippen molar-refractivity contribution in [2.24, 2.45) is 11.8 Å². The minimum Gasteiger partial charge on any atom is -0.444 e. The van der Waals surface area contributed by atoms with Gasteiger partial charge in [0, 0.05) is 25.2 Å². The number of nitrogens with one attached hydrogen (secondary N) is 1. The molecule has 0 spiro atoms. The lowest BCUT2D eigenvalue weighted by Crippen LogP contribution is -2.51. The van der Waals surface area contributed by atoms with E-state index in [1.807, 2.05) is 20.8 Å². The summed E-state index contributed by atoms with van der Waals surface area (Å²) >= 11 is 0. The van der Waals surface area contributed by atoms with E-state index in [-0.39, 0.29) is 11.6 Å². The van der Waals surface area contributed by atoms with Crippen LogP contribution in [-0.2, 0) is 11.3 Å². The smallest absolute Gasteiger partial charge is 0.408 e. The van der Waals surface area contributed by atoms with Crippen LogP contribution in [0.5, 0.6) is 0 Å². The number of hydrogen-bond donors (Lipinski definition) is 1. The molecular formula is C20H30N2O2. The first kappa shape index (κ1) is 17.3. The Hall–Kier alpha value is -1.55. The number of ether oxygens (including phenoxy) is 1. The number of amides is 1. The predicted octanol–water partition coefficient (Wildman–Crippen LogP) is 3.81. The summed E-state index contributed by atoms with van der Waals surface area (Å²) in [6.45, 7) is 11.1. The molecule has 3 rings (SSSR count). The zero-order valence-corrected chi connectivity index (χ0v) is 15.3. The monoisotopic (exact) mass is 330 g/mol. The molecule has 1 aliphatic heterocycles. The predicted molar refractivity (Wildman–Crippen MR) is 95.7 cm³/mol. The zero-order chi connectivity index (χ0) is 17.4. The molecule has 1 heterocycles. The van der Waals surface area contributed by atoms with E-state index >= 15 is 0 Å². The number of benzene rings is 1. The molecule has 0 aromatic heterocycles.